The average molecular weight is 261 g/mol. The summed E-state index contributed by atoms with van der Waals surface area (Å²) >= 11 is 0. The first-order chi connectivity index (χ1) is 7.92. The van der Waals surface area contributed by atoms with Crippen molar-refractivity contribution in [1.82, 2.24) is 14.2 Å². The van der Waals surface area contributed by atoms with Crippen LogP contribution in [0.3, 0.4) is 0 Å². The third-order valence-electron chi connectivity index (χ3n) is 2.66. The van der Waals surface area contributed by atoms with Crippen LogP contribution in [0.2, 0.25) is 0 Å². The third kappa shape index (κ3) is 3.27. The maximum atomic E-state index is 11.9. The highest BCUT2D eigenvalue weighted by Gasteiger charge is 2.19. The van der Waals surface area contributed by atoms with E-state index in [0.29, 0.717) is 24.5 Å². The van der Waals surface area contributed by atoms with Crippen LogP contribution in [0.5, 0.6) is 0 Å². The van der Waals surface area contributed by atoms with E-state index in [9.17, 15) is 8.42 Å². The standard InChI is InChI=1S/C10H19N3O3S/c1-5-13(6-2)17(14,15)11-7-10-8(3)12-16-9(10)4/h11H,5-7H2,1-4H3. The highest BCUT2D eigenvalue weighted by Crippen LogP contribution is 2.12. The largest absolute Gasteiger partial charge is 0.361 e. The summed E-state index contributed by atoms with van der Waals surface area (Å²) in [7, 11) is -3.42. The Morgan fingerprint density at radius 3 is 2.29 bits per heavy atom. The zero-order valence-electron chi connectivity index (χ0n) is 10.6. The molecule has 0 fully saturated rings. The molecule has 0 aromatic carbocycles. The molecule has 0 amide bonds. The lowest BCUT2D eigenvalue weighted by Crippen LogP contribution is -2.40. The second-order valence-corrected chi connectivity index (χ2v) is 5.47. The molecule has 0 atom stereocenters. The highest BCUT2D eigenvalue weighted by atomic mass is 32.2. The van der Waals surface area contributed by atoms with Gasteiger partial charge in [-0.15, -0.1) is 0 Å². The van der Waals surface area contributed by atoms with Crippen LogP contribution < -0.4 is 4.72 Å². The van der Waals surface area contributed by atoms with Crippen molar-refractivity contribution < 1.29 is 12.9 Å². The molecule has 1 heterocycles. The zero-order valence-corrected chi connectivity index (χ0v) is 11.5. The number of nitrogens with zero attached hydrogens (tertiary/aromatic N) is 2. The third-order valence-corrected chi connectivity index (χ3v) is 4.36. The molecular weight excluding hydrogens is 242 g/mol. The van der Waals surface area contributed by atoms with Gasteiger partial charge in [-0.25, -0.2) is 0 Å². The average Bonchev–Trinajstić information content (AvgIpc) is 2.57. The molecule has 0 aliphatic rings. The second kappa shape index (κ2) is 5.61. The molecule has 17 heavy (non-hydrogen) atoms. The molecule has 0 aliphatic heterocycles. The molecular formula is C10H19N3O3S. The zero-order chi connectivity index (χ0) is 13.1. The Morgan fingerprint density at radius 1 is 1.29 bits per heavy atom. The van der Waals surface area contributed by atoms with Gasteiger partial charge in [0.15, 0.2) is 0 Å². The molecule has 0 saturated heterocycles. The van der Waals surface area contributed by atoms with Crippen LogP contribution in [-0.2, 0) is 16.8 Å². The van der Waals surface area contributed by atoms with Gasteiger partial charge in [0.1, 0.15) is 5.76 Å². The van der Waals surface area contributed by atoms with Gasteiger partial charge in [0.2, 0.25) is 0 Å². The predicted octanol–water partition coefficient (Wildman–Crippen LogP) is 0.968. The highest BCUT2D eigenvalue weighted by molar-refractivity contribution is 7.87. The lowest BCUT2D eigenvalue weighted by Gasteiger charge is -2.18. The Morgan fingerprint density at radius 2 is 1.88 bits per heavy atom. The molecule has 1 rings (SSSR count). The van der Waals surface area contributed by atoms with Gasteiger partial charge in [-0.05, 0) is 13.8 Å². The molecule has 6 nitrogen and oxygen atoms in total. The van der Waals surface area contributed by atoms with Gasteiger partial charge in [-0.1, -0.05) is 19.0 Å². The molecule has 1 aromatic heterocycles. The Hall–Kier alpha value is -0.920. The first-order valence-electron chi connectivity index (χ1n) is 5.58. The maximum absolute atomic E-state index is 11.9. The van der Waals surface area contributed by atoms with Crippen molar-refractivity contribution in [3.8, 4) is 0 Å². The molecule has 1 aromatic rings. The summed E-state index contributed by atoms with van der Waals surface area (Å²) in [6.07, 6.45) is 0. The topological polar surface area (TPSA) is 75.4 Å². The van der Waals surface area contributed by atoms with Crippen LogP contribution in [0.25, 0.3) is 0 Å². The number of aryl methyl sites for hydroxylation is 2. The summed E-state index contributed by atoms with van der Waals surface area (Å²) in [4.78, 5) is 0. The van der Waals surface area contributed by atoms with Gasteiger partial charge in [0.05, 0.1) is 5.69 Å². The number of aromatic nitrogens is 1. The van der Waals surface area contributed by atoms with Crippen LogP contribution >= 0.6 is 0 Å². The van der Waals surface area contributed by atoms with E-state index in [0.717, 1.165) is 5.56 Å². The first-order valence-corrected chi connectivity index (χ1v) is 7.02. The van der Waals surface area contributed by atoms with E-state index in [1.807, 2.05) is 0 Å². The number of hydrogen-bond donors (Lipinski definition) is 1. The number of hydrogen-bond acceptors (Lipinski definition) is 4. The van der Waals surface area contributed by atoms with Crippen LogP contribution in [-0.4, -0.2) is 31.0 Å². The summed E-state index contributed by atoms with van der Waals surface area (Å²) in [5, 5.41) is 3.78. The lowest BCUT2D eigenvalue weighted by atomic mass is 10.2. The maximum Gasteiger partial charge on any atom is 0.279 e. The van der Waals surface area contributed by atoms with Gasteiger partial charge in [0.25, 0.3) is 10.2 Å². The van der Waals surface area contributed by atoms with Gasteiger partial charge in [-0.3, -0.25) is 0 Å². The summed E-state index contributed by atoms with van der Waals surface area (Å²) in [5.41, 5.74) is 1.51. The second-order valence-electron chi connectivity index (χ2n) is 3.71. The number of nitrogens with one attached hydrogen (secondary N) is 1. The quantitative estimate of drug-likeness (QED) is 0.828. The summed E-state index contributed by atoms with van der Waals surface area (Å²) < 4.78 is 32.6. The molecule has 1 N–H and O–H groups in total. The van der Waals surface area contributed by atoms with E-state index in [4.69, 9.17) is 4.52 Å². The van der Waals surface area contributed by atoms with E-state index in [1.165, 1.54) is 4.31 Å². The van der Waals surface area contributed by atoms with Crippen molar-refractivity contribution in [2.24, 2.45) is 0 Å². The van der Waals surface area contributed by atoms with Crippen molar-refractivity contribution in [3.63, 3.8) is 0 Å². The summed E-state index contributed by atoms with van der Waals surface area (Å²) in [6, 6.07) is 0. The SMILES string of the molecule is CCN(CC)S(=O)(=O)NCc1c(C)noc1C. The first kappa shape index (κ1) is 14.1. The van der Waals surface area contributed by atoms with Gasteiger partial charge >= 0.3 is 0 Å². The smallest absolute Gasteiger partial charge is 0.279 e. The Balaban J connectivity index is 2.74. The van der Waals surface area contributed by atoms with E-state index in [2.05, 4.69) is 9.88 Å². The molecule has 0 spiro atoms. The van der Waals surface area contributed by atoms with Crippen LogP contribution in [0.4, 0.5) is 0 Å². The molecule has 0 aliphatic carbocycles. The van der Waals surface area contributed by atoms with Crippen LogP contribution in [0.1, 0.15) is 30.9 Å². The molecule has 98 valence electrons. The van der Waals surface area contributed by atoms with Gasteiger partial charge in [-0.2, -0.15) is 17.4 Å². The van der Waals surface area contributed by atoms with Crippen molar-refractivity contribution >= 4 is 10.2 Å². The fourth-order valence-electron chi connectivity index (χ4n) is 1.57. The van der Waals surface area contributed by atoms with E-state index in [-0.39, 0.29) is 6.54 Å². The predicted molar refractivity (Wildman–Crippen MR) is 64.7 cm³/mol. The molecule has 0 saturated carbocycles. The van der Waals surface area contributed by atoms with Crippen LogP contribution in [0.15, 0.2) is 4.52 Å². The van der Waals surface area contributed by atoms with E-state index >= 15 is 0 Å². The number of rotatable bonds is 6. The van der Waals surface area contributed by atoms with Crippen LogP contribution in [0, 0.1) is 13.8 Å². The normalized spacial score (nSPS) is 12.3. The Bertz CT molecular complexity index is 444. The molecule has 7 heteroatoms. The summed E-state index contributed by atoms with van der Waals surface area (Å²) in [5.74, 6) is 0.643. The monoisotopic (exact) mass is 261 g/mol. The van der Waals surface area contributed by atoms with Crippen molar-refractivity contribution in [1.29, 1.82) is 0 Å². The minimum Gasteiger partial charge on any atom is -0.361 e. The van der Waals surface area contributed by atoms with Gasteiger partial charge in [0, 0.05) is 25.2 Å². The van der Waals surface area contributed by atoms with Crippen molar-refractivity contribution in [3.05, 3.63) is 17.0 Å². The van der Waals surface area contributed by atoms with Crippen molar-refractivity contribution in [2.75, 3.05) is 13.1 Å². The summed E-state index contributed by atoms with van der Waals surface area (Å²) in [6.45, 7) is 8.27. The molecule has 0 unspecified atom stereocenters. The minimum absolute atomic E-state index is 0.208. The van der Waals surface area contributed by atoms with Gasteiger partial charge < -0.3 is 4.52 Å². The van der Waals surface area contributed by atoms with Crippen molar-refractivity contribution in [2.45, 2.75) is 34.2 Å². The van der Waals surface area contributed by atoms with E-state index in [1.54, 1.807) is 27.7 Å². The lowest BCUT2D eigenvalue weighted by molar-refractivity contribution is 0.392. The Kier molecular flexibility index (Phi) is 4.67. The van der Waals surface area contributed by atoms with E-state index < -0.39 is 10.2 Å². The fourth-order valence-corrected chi connectivity index (χ4v) is 2.76. The molecule has 0 radical (unpaired) electrons. The fraction of sp³-hybridized carbons (Fsp3) is 0.700. The Labute approximate surface area is 102 Å². The molecule has 0 bridgehead atoms. The minimum atomic E-state index is -3.42.